The van der Waals surface area contributed by atoms with E-state index in [0.717, 1.165) is 0 Å². The van der Waals surface area contributed by atoms with E-state index < -0.39 is 0 Å². The number of thiophene rings is 2. The van der Waals surface area contributed by atoms with Crippen LogP contribution >= 0.6 is 22.7 Å². The van der Waals surface area contributed by atoms with E-state index in [2.05, 4.69) is 131 Å². The zero-order valence-corrected chi connectivity index (χ0v) is 22.9. The molecular weight excluding hydrogens is 525 g/mol. The fraction of sp³-hybridized carbons (Fsp3) is 0. The van der Waals surface area contributed by atoms with E-state index in [1.54, 1.807) is 0 Å². The van der Waals surface area contributed by atoms with Gasteiger partial charge in [0.2, 0.25) is 0 Å². The molecule has 0 aliphatic carbocycles. The minimum Gasteiger partial charge on any atom is -0.305 e. The third-order valence-corrected chi connectivity index (χ3v) is 10.9. The summed E-state index contributed by atoms with van der Waals surface area (Å²) >= 11 is 3.80. The van der Waals surface area contributed by atoms with Gasteiger partial charge in [-0.15, -0.1) is 22.7 Å². The normalized spacial score (nSPS) is 12.9. The van der Waals surface area contributed by atoms with E-state index in [-0.39, 0.29) is 0 Å². The Labute approximate surface area is 237 Å². The molecule has 3 aromatic heterocycles. The van der Waals surface area contributed by atoms with Gasteiger partial charge in [0.1, 0.15) is 0 Å². The number of hydrogen-bond acceptors (Lipinski definition) is 3. The molecule has 0 unspecified atom stereocenters. The Hall–Kier alpha value is -4.64. The lowest BCUT2D eigenvalue weighted by atomic mass is 10.1. The van der Waals surface area contributed by atoms with Crippen molar-refractivity contribution >= 4 is 102 Å². The first-order valence-corrected chi connectivity index (χ1v) is 15.2. The number of aromatic nitrogens is 1. The molecule has 0 saturated heterocycles. The number of anilines is 3. The zero-order chi connectivity index (χ0) is 25.9. The van der Waals surface area contributed by atoms with Crippen molar-refractivity contribution in [3.05, 3.63) is 121 Å². The van der Waals surface area contributed by atoms with Crippen LogP contribution in [0.3, 0.4) is 0 Å². The van der Waals surface area contributed by atoms with Crippen LogP contribution in [0.2, 0.25) is 0 Å². The average Bonchev–Trinajstić information content (AvgIpc) is 3.68. The molecule has 0 atom stereocenters. The van der Waals surface area contributed by atoms with Crippen molar-refractivity contribution in [3.63, 3.8) is 0 Å². The summed E-state index contributed by atoms with van der Waals surface area (Å²) < 4.78 is 7.87. The van der Waals surface area contributed by atoms with Gasteiger partial charge in [-0.25, -0.2) is 0 Å². The molecule has 9 aromatic rings. The first-order valence-electron chi connectivity index (χ1n) is 13.5. The Balaban J connectivity index is 1.38. The maximum absolute atomic E-state index is 2.50. The van der Waals surface area contributed by atoms with Crippen LogP contribution < -0.4 is 4.90 Å². The first kappa shape index (κ1) is 21.2. The summed E-state index contributed by atoms with van der Waals surface area (Å²) in [7, 11) is 0. The predicted octanol–water partition coefficient (Wildman–Crippen LogP) is 11.3. The summed E-state index contributed by atoms with van der Waals surface area (Å²) in [6, 6.07) is 44.7. The lowest BCUT2D eigenvalue weighted by Gasteiger charge is -2.33. The standard InChI is InChI=1S/C36H20N2S2/c1-5-17-31-21(9-1)23-11-7-16-30(35(23)39-31)37-26-13-3-4-14-27(26)38-28-20-19-24-22-10-2-6-18-32(22)40-36(24)33(28)25-12-8-15-29(37)34(25)38/h1-20H. The minimum atomic E-state index is 1.21. The van der Waals surface area contributed by atoms with Crippen molar-refractivity contribution in [2.45, 2.75) is 0 Å². The maximum Gasteiger partial charge on any atom is 0.0783 e. The number of para-hydroxylation sites is 3. The molecule has 1 aliphatic rings. The highest BCUT2D eigenvalue weighted by Crippen LogP contribution is 2.53. The number of fused-ring (bicyclic) bond motifs is 12. The maximum atomic E-state index is 2.50. The number of benzene rings is 6. The highest BCUT2D eigenvalue weighted by molar-refractivity contribution is 7.27. The van der Waals surface area contributed by atoms with E-state index in [4.69, 9.17) is 0 Å². The molecule has 2 nitrogen and oxygen atoms in total. The fourth-order valence-corrected chi connectivity index (χ4v) is 9.35. The highest BCUT2D eigenvalue weighted by atomic mass is 32.1. The summed E-state index contributed by atoms with van der Waals surface area (Å²) in [5.41, 5.74) is 7.45. The minimum absolute atomic E-state index is 1.21. The Morgan fingerprint density at radius 2 is 0.975 bits per heavy atom. The smallest absolute Gasteiger partial charge is 0.0783 e. The van der Waals surface area contributed by atoms with E-state index in [9.17, 15) is 0 Å². The molecule has 4 heterocycles. The lowest BCUT2D eigenvalue weighted by molar-refractivity contribution is 1.12. The van der Waals surface area contributed by atoms with Crippen LogP contribution in [0.5, 0.6) is 0 Å². The summed E-state index contributed by atoms with van der Waals surface area (Å²) in [6.07, 6.45) is 0. The van der Waals surface area contributed by atoms with Crippen molar-refractivity contribution in [2.24, 2.45) is 0 Å². The van der Waals surface area contributed by atoms with E-state index in [1.807, 2.05) is 22.7 Å². The Morgan fingerprint density at radius 3 is 1.77 bits per heavy atom. The van der Waals surface area contributed by atoms with Crippen LogP contribution in [-0.2, 0) is 0 Å². The van der Waals surface area contributed by atoms with Gasteiger partial charge in [-0.2, -0.15) is 0 Å². The van der Waals surface area contributed by atoms with Gasteiger partial charge in [-0.1, -0.05) is 78.9 Å². The van der Waals surface area contributed by atoms with Crippen molar-refractivity contribution < 1.29 is 0 Å². The van der Waals surface area contributed by atoms with E-state index in [1.165, 1.54) is 84.9 Å². The van der Waals surface area contributed by atoms with Crippen LogP contribution in [0.15, 0.2) is 121 Å². The van der Waals surface area contributed by atoms with Crippen molar-refractivity contribution in [1.29, 1.82) is 0 Å². The third-order valence-electron chi connectivity index (χ3n) is 8.50. The second-order valence-electron chi connectivity index (χ2n) is 10.5. The molecule has 40 heavy (non-hydrogen) atoms. The second-order valence-corrected chi connectivity index (χ2v) is 12.6. The molecule has 0 radical (unpaired) electrons. The fourth-order valence-electron chi connectivity index (χ4n) is 6.88. The van der Waals surface area contributed by atoms with Gasteiger partial charge in [0.25, 0.3) is 0 Å². The van der Waals surface area contributed by atoms with Crippen molar-refractivity contribution in [2.75, 3.05) is 4.90 Å². The Morgan fingerprint density at radius 1 is 0.400 bits per heavy atom. The van der Waals surface area contributed by atoms with Crippen LogP contribution in [0, 0.1) is 0 Å². The first-order chi connectivity index (χ1) is 19.9. The molecule has 0 spiro atoms. The quantitative estimate of drug-likeness (QED) is 0.199. The summed E-state index contributed by atoms with van der Waals surface area (Å²) in [5, 5.41) is 8.00. The zero-order valence-electron chi connectivity index (χ0n) is 21.3. The molecule has 0 amide bonds. The van der Waals surface area contributed by atoms with Crippen molar-refractivity contribution in [1.82, 2.24) is 4.57 Å². The van der Waals surface area contributed by atoms with Gasteiger partial charge in [0.05, 0.1) is 38.5 Å². The molecule has 6 aromatic carbocycles. The topological polar surface area (TPSA) is 8.17 Å². The van der Waals surface area contributed by atoms with Crippen LogP contribution in [-0.4, -0.2) is 4.57 Å². The van der Waals surface area contributed by atoms with Gasteiger partial charge in [-0.05, 0) is 42.5 Å². The van der Waals surface area contributed by atoms with Gasteiger partial charge in [0.15, 0.2) is 0 Å². The average molecular weight is 545 g/mol. The molecule has 0 saturated carbocycles. The van der Waals surface area contributed by atoms with Gasteiger partial charge in [0, 0.05) is 46.4 Å². The van der Waals surface area contributed by atoms with Crippen LogP contribution in [0.1, 0.15) is 0 Å². The SMILES string of the molecule is c1ccc2c(c1)N(c1cccc3c1sc1ccccc13)c1cccc3c4c5sc6ccccc6c5ccc4n-2c13. The van der Waals surface area contributed by atoms with Crippen LogP contribution in [0.4, 0.5) is 17.1 Å². The second kappa shape index (κ2) is 7.51. The van der Waals surface area contributed by atoms with Gasteiger partial charge >= 0.3 is 0 Å². The predicted molar refractivity (Wildman–Crippen MR) is 175 cm³/mol. The van der Waals surface area contributed by atoms with E-state index >= 15 is 0 Å². The van der Waals surface area contributed by atoms with Crippen LogP contribution in [0.25, 0.3) is 67.8 Å². The molecule has 186 valence electrons. The molecule has 0 fully saturated rings. The molecule has 0 bridgehead atoms. The molecule has 4 heteroatoms. The molecular formula is C36H20N2S2. The monoisotopic (exact) mass is 544 g/mol. The number of rotatable bonds is 1. The summed E-state index contributed by atoms with van der Waals surface area (Å²) in [5.74, 6) is 0. The number of nitrogens with zero attached hydrogens (tertiary/aromatic N) is 2. The summed E-state index contributed by atoms with van der Waals surface area (Å²) in [6.45, 7) is 0. The number of hydrogen-bond donors (Lipinski definition) is 0. The lowest BCUT2D eigenvalue weighted by Crippen LogP contribution is -2.18. The third kappa shape index (κ3) is 2.54. The highest BCUT2D eigenvalue weighted by Gasteiger charge is 2.30. The molecule has 0 N–H and O–H groups in total. The van der Waals surface area contributed by atoms with Gasteiger partial charge < -0.3 is 9.47 Å². The largest absolute Gasteiger partial charge is 0.305 e. The van der Waals surface area contributed by atoms with Crippen molar-refractivity contribution in [3.8, 4) is 5.69 Å². The van der Waals surface area contributed by atoms with Gasteiger partial charge in [-0.3, -0.25) is 0 Å². The summed E-state index contributed by atoms with van der Waals surface area (Å²) in [4.78, 5) is 2.50. The molecule has 10 rings (SSSR count). The Bertz CT molecular complexity index is 2510. The van der Waals surface area contributed by atoms with E-state index in [0.29, 0.717) is 0 Å². The Kier molecular flexibility index (Phi) is 3.98. The molecule has 1 aliphatic heterocycles.